The fourth-order valence-electron chi connectivity index (χ4n) is 1.78. The Morgan fingerprint density at radius 1 is 1.26 bits per heavy atom. The Labute approximate surface area is 106 Å². The molecule has 0 unspecified atom stereocenters. The van der Waals surface area contributed by atoms with Gasteiger partial charge in [0.1, 0.15) is 5.39 Å². The molecular weight excluding hydrogens is 248 g/mol. The molecule has 0 saturated carbocycles. The highest BCUT2D eigenvalue weighted by Gasteiger charge is 2.14. The number of nitrogens with zero attached hydrogens (tertiary/aromatic N) is 3. The molecule has 0 aliphatic heterocycles. The van der Waals surface area contributed by atoms with Gasteiger partial charge in [-0.3, -0.25) is 4.79 Å². The topological polar surface area (TPSA) is 101 Å². The first kappa shape index (κ1) is 11.1. The molecule has 1 aromatic carbocycles. The summed E-state index contributed by atoms with van der Waals surface area (Å²) in [6, 6.07) is 9.05. The third kappa shape index (κ3) is 1.77. The lowest BCUT2D eigenvalue weighted by Crippen LogP contribution is -2.15. The highest BCUT2D eigenvalue weighted by molar-refractivity contribution is 5.86. The molecule has 3 aromatic rings. The van der Waals surface area contributed by atoms with Crippen molar-refractivity contribution in [3.8, 4) is 5.69 Å². The van der Waals surface area contributed by atoms with Gasteiger partial charge in [0.15, 0.2) is 5.65 Å². The molecule has 0 spiro atoms. The Kier molecular flexibility index (Phi) is 2.38. The largest absolute Gasteiger partial charge is 0.475 e. The maximum Gasteiger partial charge on any atom is 0.372 e. The zero-order chi connectivity index (χ0) is 13.4. The average molecular weight is 256 g/mol. The van der Waals surface area contributed by atoms with E-state index in [9.17, 15) is 9.59 Å². The third-order valence-corrected chi connectivity index (χ3v) is 2.64. The van der Waals surface area contributed by atoms with Gasteiger partial charge in [-0.15, -0.1) is 0 Å². The lowest BCUT2D eigenvalue weighted by Gasteiger charge is -2.02. The van der Waals surface area contributed by atoms with Crippen molar-refractivity contribution in [2.75, 3.05) is 0 Å². The minimum atomic E-state index is -1.29. The molecule has 19 heavy (non-hydrogen) atoms. The van der Waals surface area contributed by atoms with Gasteiger partial charge in [0.05, 0.1) is 11.9 Å². The first-order chi connectivity index (χ1) is 9.16. The van der Waals surface area contributed by atoms with Gasteiger partial charge in [-0.2, -0.15) is 5.10 Å². The first-order valence-electron chi connectivity index (χ1n) is 5.43. The molecule has 2 aromatic heterocycles. The zero-order valence-electron chi connectivity index (χ0n) is 9.57. The SMILES string of the molecule is O=C(O)c1nc2c(cnn2-c2ccccc2)c(=O)[nH]1. The molecule has 0 aliphatic rings. The third-order valence-electron chi connectivity index (χ3n) is 2.64. The van der Waals surface area contributed by atoms with Crippen molar-refractivity contribution in [2.45, 2.75) is 0 Å². The lowest BCUT2D eigenvalue weighted by atomic mass is 10.3. The van der Waals surface area contributed by atoms with Crippen LogP contribution in [0.1, 0.15) is 10.6 Å². The number of aromatic amines is 1. The van der Waals surface area contributed by atoms with Crippen molar-refractivity contribution >= 4 is 17.0 Å². The number of nitrogens with one attached hydrogen (secondary N) is 1. The number of carbonyl (C=O) groups is 1. The Hall–Kier alpha value is -2.96. The number of aromatic nitrogens is 4. The van der Waals surface area contributed by atoms with E-state index in [1.54, 1.807) is 12.1 Å². The molecule has 0 bridgehead atoms. The summed E-state index contributed by atoms with van der Waals surface area (Å²) in [4.78, 5) is 28.8. The smallest absolute Gasteiger partial charge is 0.372 e. The Bertz CT molecular complexity index is 820. The minimum Gasteiger partial charge on any atom is -0.475 e. The van der Waals surface area contributed by atoms with Crippen LogP contribution in [0.25, 0.3) is 16.7 Å². The van der Waals surface area contributed by atoms with Gasteiger partial charge in [-0.25, -0.2) is 14.5 Å². The Morgan fingerprint density at radius 3 is 2.68 bits per heavy atom. The maximum absolute atomic E-state index is 11.7. The predicted octanol–water partition coefficient (Wildman–Crippen LogP) is 0.807. The number of benzene rings is 1. The van der Waals surface area contributed by atoms with Crippen LogP contribution in [-0.4, -0.2) is 30.8 Å². The van der Waals surface area contributed by atoms with E-state index in [0.717, 1.165) is 0 Å². The van der Waals surface area contributed by atoms with E-state index in [1.165, 1.54) is 10.9 Å². The molecule has 2 N–H and O–H groups in total. The number of hydrogen-bond donors (Lipinski definition) is 2. The second-order valence-corrected chi connectivity index (χ2v) is 3.85. The van der Waals surface area contributed by atoms with Gasteiger partial charge >= 0.3 is 5.97 Å². The van der Waals surface area contributed by atoms with Gasteiger partial charge in [0.25, 0.3) is 5.56 Å². The summed E-state index contributed by atoms with van der Waals surface area (Å²) in [5.41, 5.74) is 0.392. The molecule has 7 heteroatoms. The van der Waals surface area contributed by atoms with Crippen LogP contribution in [0.2, 0.25) is 0 Å². The van der Waals surface area contributed by atoms with Gasteiger partial charge in [0, 0.05) is 0 Å². The summed E-state index contributed by atoms with van der Waals surface area (Å²) in [7, 11) is 0. The van der Waals surface area contributed by atoms with Crippen LogP contribution in [0.3, 0.4) is 0 Å². The molecule has 94 valence electrons. The van der Waals surface area contributed by atoms with Crippen molar-refractivity contribution in [3.05, 3.63) is 52.7 Å². The van der Waals surface area contributed by atoms with E-state index >= 15 is 0 Å². The average Bonchev–Trinajstić information content (AvgIpc) is 2.84. The van der Waals surface area contributed by atoms with Crippen molar-refractivity contribution in [3.63, 3.8) is 0 Å². The van der Waals surface area contributed by atoms with E-state index in [-0.39, 0.29) is 11.0 Å². The number of hydrogen-bond acceptors (Lipinski definition) is 4. The summed E-state index contributed by atoms with van der Waals surface area (Å²) >= 11 is 0. The van der Waals surface area contributed by atoms with Crippen molar-refractivity contribution in [2.24, 2.45) is 0 Å². The van der Waals surface area contributed by atoms with Gasteiger partial charge in [-0.1, -0.05) is 18.2 Å². The summed E-state index contributed by atoms with van der Waals surface area (Å²) < 4.78 is 1.43. The number of rotatable bonds is 2. The van der Waals surface area contributed by atoms with E-state index in [0.29, 0.717) is 5.69 Å². The number of carboxylic acid groups (broad SMARTS) is 1. The van der Waals surface area contributed by atoms with Crippen molar-refractivity contribution < 1.29 is 9.90 Å². The molecule has 3 rings (SSSR count). The minimum absolute atomic E-state index is 0.215. The first-order valence-corrected chi connectivity index (χ1v) is 5.43. The van der Waals surface area contributed by atoms with E-state index in [2.05, 4.69) is 15.1 Å². The highest BCUT2D eigenvalue weighted by atomic mass is 16.4. The predicted molar refractivity (Wildman–Crippen MR) is 66.4 cm³/mol. The van der Waals surface area contributed by atoms with Crippen LogP contribution >= 0.6 is 0 Å². The number of para-hydroxylation sites is 1. The molecule has 7 nitrogen and oxygen atoms in total. The lowest BCUT2D eigenvalue weighted by molar-refractivity contribution is 0.0683. The van der Waals surface area contributed by atoms with Gasteiger partial charge < -0.3 is 10.1 Å². The van der Waals surface area contributed by atoms with Crippen molar-refractivity contribution in [1.29, 1.82) is 0 Å². The summed E-state index contributed by atoms with van der Waals surface area (Å²) in [5, 5.41) is 13.2. The van der Waals surface area contributed by atoms with Crippen LogP contribution < -0.4 is 5.56 Å². The van der Waals surface area contributed by atoms with Crippen molar-refractivity contribution in [1.82, 2.24) is 19.7 Å². The molecule has 0 saturated heterocycles. The second kappa shape index (κ2) is 4.05. The quantitative estimate of drug-likeness (QED) is 0.706. The van der Waals surface area contributed by atoms with Gasteiger partial charge in [0.2, 0.25) is 5.82 Å². The summed E-state index contributed by atoms with van der Waals surface area (Å²) in [5.74, 6) is -1.70. The standard InChI is InChI=1S/C12H8N4O3/c17-11-8-6-13-16(7-4-2-1-3-5-7)10(8)14-9(15-11)12(18)19/h1-6H,(H,18,19)(H,14,15,17). The fraction of sp³-hybridized carbons (Fsp3) is 0. The number of H-pyrrole nitrogens is 1. The van der Waals surface area contributed by atoms with Gasteiger partial charge in [-0.05, 0) is 12.1 Å². The second-order valence-electron chi connectivity index (χ2n) is 3.85. The Balaban J connectivity index is 2.34. The molecule has 2 heterocycles. The van der Waals surface area contributed by atoms with E-state index < -0.39 is 17.4 Å². The molecule has 0 aliphatic carbocycles. The number of fused-ring (bicyclic) bond motifs is 1. The monoisotopic (exact) mass is 256 g/mol. The van der Waals surface area contributed by atoms with E-state index in [1.807, 2.05) is 18.2 Å². The van der Waals surface area contributed by atoms with Crippen LogP contribution in [0.15, 0.2) is 41.3 Å². The maximum atomic E-state index is 11.7. The summed E-state index contributed by atoms with van der Waals surface area (Å²) in [6.45, 7) is 0. The molecule has 0 radical (unpaired) electrons. The van der Waals surface area contributed by atoms with Crippen LogP contribution in [0, 0.1) is 0 Å². The zero-order valence-corrected chi connectivity index (χ0v) is 9.57. The van der Waals surface area contributed by atoms with Crippen LogP contribution in [0.4, 0.5) is 0 Å². The molecule has 0 fully saturated rings. The number of carboxylic acids is 1. The molecule has 0 atom stereocenters. The summed E-state index contributed by atoms with van der Waals surface area (Å²) in [6.07, 6.45) is 1.36. The number of aromatic carboxylic acids is 1. The van der Waals surface area contributed by atoms with E-state index in [4.69, 9.17) is 5.11 Å². The molecule has 0 amide bonds. The van der Waals surface area contributed by atoms with Crippen LogP contribution in [0.5, 0.6) is 0 Å². The molecular formula is C12H8N4O3. The fourth-order valence-corrected chi connectivity index (χ4v) is 1.78. The highest BCUT2D eigenvalue weighted by Crippen LogP contribution is 2.13. The Morgan fingerprint density at radius 2 is 2.00 bits per heavy atom. The normalized spacial score (nSPS) is 10.7. The van der Waals surface area contributed by atoms with Crippen LogP contribution in [-0.2, 0) is 0 Å².